The second-order valence-electron chi connectivity index (χ2n) is 14.1. The van der Waals surface area contributed by atoms with Gasteiger partial charge in [-0.2, -0.15) is 0 Å². The number of nitrogens with one attached hydrogen (secondary N) is 2. The minimum atomic E-state index is 0.00665. The summed E-state index contributed by atoms with van der Waals surface area (Å²) in [4.78, 5) is 34.0. The van der Waals surface area contributed by atoms with Crippen LogP contribution in [0.5, 0.6) is 0 Å². The third kappa shape index (κ3) is 9.73. The second-order valence-corrected chi connectivity index (χ2v) is 14.1. The lowest BCUT2D eigenvalue weighted by molar-refractivity contribution is -0.120. The van der Waals surface area contributed by atoms with Crippen molar-refractivity contribution in [3.8, 4) is 0 Å². The summed E-state index contributed by atoms with van der Waals surface area (Å²) in [6.45, 7) is 3.02. The summed E-state index contributed by atoms with van der Waals surface area (Å²) in [6.07, 6.45) is 8.60. The molecule has 9 heteroatoms. The lowest BCUT2D eigenvalue weighted by Gasteiger charge is -2.30. The van der Waals surface area contributed by atoms with Crippen LogP contribution in [-0.4, -0.2) is 45.2 Å². The zero-order valence-electron chi connectivity index (χ0n) is 30.0. The smallest absolute Gasteiger partial charge is 0.254 e. The van der Waals surface area contributed by atoms with Crippen LogP contribution in [0.3, 0.4) is 0 Å². The highest BCUT2D eigenvalue weighted by atomic mass is 16.2. The maximum absolute atomic E-state index is 14.3. The highest BCUT2D eigenvalue weighted by molar-refractivity contribution is 5.97. The first-order chi connectivity index (χ1) is 25.4. The number of carbonyl (C=O) groups is 2. The third-order valence-corrected chi connectivity index (χ3v) is 10.2. The van der Waals surface area contributed by atoms with Gasteiger partial charge in [-0.15, -0.1) is 0 Å². The number of fused-ring (bicyclic) bond motifs is 1. The van der Waals surface area contributed by atoms with Crippen molar-refractivity contribution >= 4 is 28.7 Å². The topological polar surface area (TPSA) is 143 Å². The molecule has 0 saturated heterocycles. The Labute approximate surface area is 306 Å². The third-order valence-electron chi connectivity index (χ3n) is 10.2. The van der Waals surface area contributed by atoms with Gasteiger partial charge in [0.2, 0.25) is 5.91 Å². The summed E-state index contributed by atoms with van der Waals surface area (Å²) in [5.74, 6) is 1.53. The van der Waals surface area contributed by atoms with Gasteiger partial charge in [0.15, 0.2) is 0 Å². The van der Waals surface area contributed by atoms with Crippen molar-refractivity contribution in [1.82, 2.24) is 19.8 Å². The van der Waals surface area contributed by atoms with Crippen LogP contribution in [0, 0.1) is 11.3 Å². The van der Waals surface area contributed by atoms with Gasteiger partial charge in [-0.25, -0.2) is 4.98 Å². The van der Waals surface area contributed by atoms with Crippen molar-refractivity contribution in [3.63, 3.8) is 0 Å². The first kappa shape index (κ1) is 36.5. The van der Waals surface area contributed by atoms with Crippen molar-refractivity contribution in [2.24, 2.45) is 17.4 Å². The van der Waals surface area contributed by atoms with Gasteiger partial charge in [0.25, 0.3) is 5.91 Å². The summed E-state index contributed by atoms with van der Waals surface area (Å²) in [6, 6.07) is 31.7. The number of benzene rings is 4. The Bertz CT molecular complexity index is 1950. The molecule has 9 nitrogen and oxygen atoms in total. The van der Waals surface area contributed by atoms with Crippen LogP contribution in [0.4, 0.5) is 0 Å². The molecule has 0 atom stereocenters. The summed E-state index contributed by atoms with van der Waals surface area (Å²) in [7, 11) is 0. The van der Waals surface area contributed by atoms with E-state index in [4.69, 9.17) is 21.9 Å². The molecule has 0 radical (unpaired) electrons. The average Bonchev–Trinajstić information content (AvgIpc) is 3.52. The normalized spacial score (nSPS) is 13.2. The van der Waals surface area contributed by atoms with E-state index in [0.29, 0.717) is 56.1 Å². The SMILES string of the molecule is N=C(N)c1ccc(CCc2nc3cc(C(=O)N(Cc4ccc(CN)cc4)CC4CCCCC4)ccc3n2CCCNC(=O)Cc2ccccc2)cc1. The predicted molar refractivity (Wildman–Crippen MR) is 208 cm³/mol. The van der Waals surface area contributed by atoms with E-state index >= 15 is 0 Å². The van der Waals surface area contributed by atoms with Crippen molar-refractivity contribution in [1.29, 1.82) is 5.41 Å². The van der Waals surface area contributed by atoms with E-state index in [2.05, 4.69) is 22.0 Å². The van der Waals surface area contributed by atoms with Crippen LogP contribution in [-0.2, 0) is 43.7 Å². The fraction of sp³-hybridized carbons (Fsp3) is 0.349. The Morgan fingerprint density at radius 3 is 2.23 bits per heavy atom. The molecule has 1 aliphatic rings. The van der Waals surface area contributed by atoms with E-state index in [1.807, 2.05) is 89.8 Å². The van der Waals surface area contributed by atoms with Crippen molar-refractivity contribution in [2.45, 2.75) is 77.4 Å². The molecule has 1 saturated carbocycles. The molecular formula is C43H51N7O2. The van der Waals surface area contributed by atoms with E-state index in [1.165, 1.54) is 19.3 Å². The molecule has 1 aliphatic carbocycles. The number of amidine groups is 1. The molecule has 0 aliphatic heterocycles. The zero-order valence-corrected chi connectivity index (χ0v) is 30.0. The van der Waals surface area contributed by atoms with Crippen LogP contribution in [0.25, 0.3) is 11.0 Å². The standard InChI is InChI=1S/C43H51N7O2/c44-28-33-12-14-35(15-13-33)30-49(29-34-10-5-2-6-11-34)43(52)37-21-22-39-38(27-37)48-40(23-18-31-16-19-36(20-17-31)42(45)46)50(39)25-7-24-47-41(51)26-32-8-3-1-4-9-32/h1,3-4,8-9,12-17,19-22,27,34H,2,5-7,10-11,18,23-26,28-30,44H2,(H3,45,46)(H,47,51). The van der Waals surface area contributed by atoms with E-state index in [0.717, 1.165) is 71.3 Å². The molecule has 2 amide bonds. The van der Waals surface area contributed by atoms with E-state index < -0.39 is 0 Å². The van der Waals surface area contributed by atoms with Crippen LogP contribution in [0.1, 0.15) is 82.5 Å². The molecule has 1 heterocycles. The summed E-state index contributed by atoms with van der Waals surface area (Å²) < 4.78 is 2.23. The molecule has 1 fully saturated rings. The number of aryl methyl sites for hydroxylation is 3. The number of carbonyl (C=O) groups excluding carboxylic acids is 2. The first-order valence-corrected chi connectivity index (χ1v) is 18.7. The molecule has 52 heavy (non-hydrogen) atoms. The van der Waals surface area contributed by atoms with E-state index in [9.17, 15) is 9.59 Å². The average molecular weight is 698 g/mol. The minimum Gasteiger partial charge on any atom is -0.384 e. The molecule has 0 unspecified atom stereocenters. The van der Waals surface area contributed by atoms with Crippen molar-refractivity contribution in [3.05, 3.63) is 136 Å². The number of imidazole rings is 1. The number of nitrogens with zero attached hydrogens (tertiary/aromatic N) is 3. The second kappa shape index (κ2) is 17.8. The number of nitrogens with two attached hydrogens (primary N) is 2. The van der Waals surface area contributed by atoms with Gasteiger partial charge in [0.05, 0.1) is 17.5 Å². The molecule has 5 aromatic rings. The molecule has 4 aromatic carbocycles. The number of amides is 2. The minimum absolute atomic E-state index is 0.00665. The summed E-state index contributed by atoms with van der Waals surface area (Å²) >= 11 is 0. The number of nitrogen functional groups attached to an aromatic ring is 1. The van der Waals surface area contributed by atoms with E-state index in [1.54, 1.807) is 0 Å². The fourth-order valence-corrected chi connectivity index (χ4v) is 7.25. The Morgan fingerprint density at radius 2 is 1.52 bits per heavy atom. The van der Waals surface area contributed by atoms with Gasteiger partial charge in [0, 0.05) is 50.3 Å². The van der Waals surface area contributed by atoms with Crippen LogP contribution in [0.2, 0.25) is 0 Å². The van der Waals surface area contributed by atoms with Gasteiger partial charge in [-0.1, -0.05) is 98.1 Å². The first-order valence-electron chi connectivity index (χ1n) is 18.7. The molecule has 0 spiro atoms. The Hall–Kier alpha value is -5.28. The lowest BCUT2D eigenvalue weighted by Crippen LogP contribution is -2.35. The van der Waals surface area contributed by atoms with Crippen LogP contribution >= 0.6 is 0 Å². The van der Waals surface area contributed by atoms with Gasteiger partial charge < -0.3 is 26.3 Å². The largest absolute Gasteiger partial charge is 0.384 e. The Kier molecular flexibility index (Phi) is 12.5. The zero-order chi connectivity index (χ0) is 36.3. The maximum atomic E-state index is 14.3. The highest BCUT2D eigenvalue weighted by Crippen LogP contribution is 2.27. The van der Waals surface area contributed by atoms with Gasteiger partial charge in [-0.3, -0.25) is 15.0 Å². The van der Waals surface area contributed by atoms with Gasteiger partial charge in [-0.05, 0) is 72.1 Å². The quantitative estimate of drug-likeness (QED) is 0.0527. The molecule has 6 N–H and O–H groups in total. The molecule has 270 valence electrons. The molecular weight excluding hydrogens is 647 g/mol. The molecule has 1 aromatic heterocycles. The Balaban J connectivity index is 1.21. The molecule has 6 rings (SSSR count). The number of hydrogen-bond acceptors (Lipinski definition) is 5. The number of aromatic nitrogens is 2. The van der Waals surface area contributed by atoms with Crippen molar-refractivity contribution < 1.29 is 9.59 Å². The lowest BCUT2D eigenvalue weighted by atomic mass is 9.88. The Morgan fingerprint density at radius 1 is 0.827 bits per heavy atom. The van der Waals surface area contributed by atoms with Crippen LogP contribution < -0.4 is 16.8 Å². The fourth-order valence-electron chi connectivity index (χ4n) is 7.25. The molecule has 0 bridgehead atoms. The maximum Gasteiger partial charge on any atom is 0.254 e. The van der Waals surface area contributed by atoms with Crippen molar-refractivity contribution in [2.75, 3.05) is 13.1 Å². The predicted octanol–water partition coefficient (Wildman–Crippen LogP) is 6.54. The summed E-state index contributed by atoms with van der Waals surface area (Å²) in [5.41, 5.74) is 18.9. The summed E-state index contributed by atoms with van der Waals surface area (Å²) in [5, 5.41) is 10.8. The highest BCUT2D eigenvalue weighted by Gasteiger charge is 2.23. The number of hydrogen-bond donors (Lipinski definition) is 4. The van der Waals surface area contributed by atoms with Gasteiger partial charge >= 0.3 is 0 Å². The monoisotopic (exact) mass is 697 g/mol. The van der Waals surface area contributed by atoms with E-state index in [-0.39, 0.29) is 17.6 Å². The van der Waals surface area contributed by atoms with Gasteiger partial charge in [0.1, 0.15) is 11.7 Å². The van der Waals surface area contributed by atoms with Crippen LogP contribution in [0.15, 0.2) is 97.1 Å². The number of rotatable bonds is 16.